The van der Waals surface area contributed by atoms with Crippen LogP contribution in [0.15, 0.2) is 78.9 Å². The second-order valence-corrected chi connectivity index (χ2v) is 9.82. The fourth-order valence-electron chi connectivity index (χ4n) is 4.71. The van der Waals surface area contributed by atoms with Gasteiger partial charge in [0.25, 0.3) is 0 Å². The van der Waals surface area contributed by atoms with Gasteiger partial charge in [-0.25, -0.2) is 4.79 Å². The van der Waals surface area contributed by atoms with Crippen LogP contribution in [0.2, 0.25) is 5.02 Å². The molecule has 0 saturated carbocycles. The van der Waals surface area contributed by atoms with Crippen molar-refractivity contribution >= 4 is 23.3 Å². The summed E-state index contributed by atoms with van der Waals surface area (Å²) in [7, 11) is 0. The van der Waals surface area contributed by atoms with Gasteiger partial charge in [-0.2, -0.15) is 13.2 Å². The first-order valence-electron chi connectivity index (χ1n) is 12.5. The predicted octanol–water partition coefficient (Wildman–Crippen LogP) is 7.14. The molecule has 3 aromatic carbocycles. The lowest BCUT2D eigenvalue weighted by Crippen LogP contribution is -2.49. The second kappa shape index (κ2) is 12.5. The lowest BCUT2D eigenvalue weighted by molar-refractivity contribution is -0.137. The number of hydrogen-bond donors (Lipinski definition) is 1. The molecule has 2 amide bonds. The van der Waals surface area contributed by atoms with E-state index in [1.807, 2.05) is 54.6 Å². The van der Waals surface area contributed by atoms with Gasteiger partial charge >= 0.3 is 12.2 Å². The number of carbonyl (C=O) groups excluding carboxylic acids is 1. The van der Waals surface area contributed by atoms with Crippen molar-refractivity contribution in [1.82, 2.24) is 9.80 Å². The summed E-state index contributed by atoms with van der Waals surface area (Å²) < 4.78 is 39.5. The number of alkyl halides is 3. The minimum atomic E-state index is -4.47. The summed E-state index contributed by atoms with van der Waals surface area (Å²) in [6.45, 7) is 3.13. The summed E-state index contributed by atoms with van der Waals surface area (Å²) in [5.41, 5.74) is 1.70. The summed E-state index contributed by atoms with van der Waals surface area (Å²) in [5, 5.41) is 3.44. The Morgan fingerprint density at radius 2 is 1.59 bits per heavy atom. The van der Waals surface area contributed by atoms with Gasteiger partial charge in [-0.1, -0.05) is 60.1 Å². The van der Waals surface area contributed by atoms with Crippen molar-refractivity contribution in [3.63, 3.8) is 0 Å². The van der Waals surface area contributed by atoms with E-state index < -0.39 is 11.7 Å². The Kier molecular flexibility index (Phi) is 9.11. The molecule has 0 spiro atoms. The Bertz CT molecular complexity index is 1150. The van der Waals surface area contributed by atoms with E-state index in [0.717, 1.165) is 61.6 Å². The smallest absolute Gasteiger partial charge is 0.321 e. The maximum atomic E-state index is 13.3. The first-order chi connectivity index (χ1) is 17.8. The number of carbonyl (C=O) groups is 1. The molecule has 0 unspecified atom stereocenters. The summed E-state index contributed by atoms with van der Waals surface area (Å²) >= 11 is 5.98. The molecule has 1 heterocycles. The zero-order valence-electron chi connectivity index (χ0n) is 20.6. The van der Waals surface area contributed by atoms with Crippen molar-refractivity contribution in [2.45, 2.75) is 37.9 Å². The molecule has 0 radical (unpaired) electrons. The molecule has 0 atom stereocenters. The average Bonchev–Trinajstić information content (AvgIpc) is 2.89. The molecule has 3 aromatic rings. The van der Waals surface area contributed by atoms with E-state index in [-0.39, 0.29) is 17.8 Å². The third-order valence-corrected chi connectivity index (χ3v) is 7.07. The molecule has 0 bridgehead atoms. The zero-order valence-corrected chi connectivity index (χ0v) is 21.3. The van der Waals surface area contributed by atoms with Gasteiger partial charge in [-0.05, 0) is 67.1 Å². The largest absolute Gasteiger partial charge is 0.416 e. The average molecular weight is 530 g/mol. The van der Waals surface area contributed by atoms with Crippen LogP contribution in [-0.2, 0) is 19.0 Å². The third-order valence-electron chi connectivity index (χ3n) is 6.81. The summed E-state index contributed by atoms with van der Waals surface area (Å²) in [6, 6.07) is 22.2. The molecule has 0 aliphatic carbocycles. The lowest BCUT2D eigenvalue weighted by Gasteiger charge is -2.38. The summed E-state index contributed by atoms with van der Waals surface area (Å²) in [5.74, 6) is 0. The molecule has 1 fully saturated rings. The van der Waals surface area contributed by atoms with Crippen LogP contribution < -0.4 is 5.32 Å². The standard InChI is InChI=1S/C29H31ClF3N3O/c30-25-11-9-23(10-12-25)13-17-35-18-15-27(16-19-35)36(20-14-22-5-2-1-3-6-22)28(37)34-26-8-4-7-24(21-26)29(31,32)33/h1-12,21,27H,13-20H2,(H,34,37). The number of piperidine rings is 1. The van der Waals surface area contributed by atoms with E-state index in [1.54, 1.807) is 4.90 Å². The van der Waals surface area contributed by atoms with Crippen LogP contribution in [0.5, 0.6) is 0 Å². The number of likely N-dealkylation sites (tertiary alicyclic amines) is 1. The van der Waals surface area contributed by atoms with Gasteiger partial charge in [-0.3, -0.25) is 0 Å². The van der Waals surface area contributed by atoms with E-state index in [4.69, 9.17) is 11.6 Å². The highest BCUT2D eigenvalue weighted by Gasteiger charge is 2.31. The lowest BCUT2D eigenvalue weighted by atomic mass is 10.0. The number of nitrogens with zero attached hydrogens (tertiary/aromatic N) is 2. The maximum absolute atomic E-state index is 13.3. The molecule has 1 aliphatic rings. The van der Waals surface area contributed by atoms with Crippen molar-refractivity contribution in [1.29, 1.82) is 0 Å². The molecule has 1 aliphatic heterocycles. The molecule has 37 heavy (non-hydrogen) atoms. The maximum Gasteiger partial charge on any atom is 0.416 e. The van der Waals surface area contributed by atoms with E-state index in [9.17, 15) is 18.0 Å². The molecular weight excluding hydrogens is 499 g/mol. The van der Waals surface area contributed by atoms with Crippen LogP contribution in [-0.4, -0.2) is 48.1 Å². The van der Waals surface area contributed by atoms with Crippen molar-refractivity contribution in [2.75, 3.05) is 31.5 Å². The van der Waals surface area contributed by atoms with E-state index in [0.29, 0.717) is 13.0 Å². The number of hydrogen-bond acceptors (Lipinski definition) is 2. The summed E-state index contributed by atoms with van der Waals surface area (Å²) in [4.78, 5) is 17.5. The number of urea groups is 1. The highest BCUT2D eigenvalue weighted by Crippen LogP contribution is 2.31. The van der Waals surface area contributed by atoms with E-state index >= 15 is 0 Å². The Morgan fingerprint density at radius 1 is 0.919 bits per heavy atom. The Labute approximate surface area is 221 Å². The molecule has 1 saturated heterocycles. The molecule has 0 aromatic heterocycles. The summed E-state index contributed by atoms with van der Waals surface area (Å²) in [6.07, 6.45) is -1.24. The highest BCUT2D eigenvalue weighted by atomic mass is 35.5. The van der Waals surface area contributed by atoms with Crippen LogP contribution in [0.3, 0.4) is 0 Å². The molecular formula is C29H31ClF3N3O. The molecule has 4 rings (SSSR count). The van der Waals surface area contributed by atoms with Crippen molar-refractivity contribution < 1.29 is 18.0 Å². The number of halogens is 4. The van der Waals surface area contributed by atoms with Gasteiger partial charge in [0.1, 0.15) is 0 Å². The molecule has 196 valence electrons. The molecule has 8 heteroatoms. The zero-order chi connectivity index (χ0) is 26.3. The van der Waals surface area contributed by atoms with Gasteiger partial charge in [0, 0.05) is 42.9 Å². The SMILES string of the molecule is O=C(Nc1cccc(C(F)(F)F)c1)N(CCc1ccccc1)C1CCN(CCc2ccc(Cl)cc2)CC1. The van der Waals surface area contributed by atoms with Crippen LogP contribution in [0.4, 0.5) is 23.7 Å². The molecule has 1 N–H and O–H groups in total. The van der Waals surface area contributed by atoms with Crippen LogP contribution in [0.25, 0.3) is 0 Å². The van der Waals surface area contributed by atoms with Crippen LogP contribution in [0, 0.1) is 0 Å². The van der Waals surface area contributed by atoms with Crippen molar-refractivity contribution in [3.05, 3.63) is 101 Å². The van der Waals surface area contributed by atoms with Gasteiger partial charge in [0.15, 0.2) is 0 Å². The van der Waals surface area contributed by atoms with Crippen LogP contribution >= 0.6 is 11.6 Å². The van der Waals surface area contributed by atoms with Gasteiger partial charge < -0.3 is 15.1 Å². The normalized spacial score (nSPS) is 14.9. The fourth-order valence-corrected chi connectivity index (χ4v) is 4.83. The predicted molar refractivity (Wildman–Crippen MR) is 142 cm³/mol. The van der Waals surface area contributed by atoms with Gasteiger partial charge in [0.05, 0.1) is 5.56 Å². The van der Waals surface area contributed by atoms with Gasteiger partial charge in [0.2, 0.25) is 0 Å². The molecule has 4 nitrogen and oxygen atoms in total. The third kappa shape index (κ3) is 7.98. The highest BCUT2D eigenvalue weighted by molar-refractivity contribution is 6.30. The number of amides is 2. The first-order valence-corrected chi connectivity index (χ1v) is 12.9. The Morgan fingerprint density at radius 3 is 2.27 bits per heavy atom. The monoisotopic (exact) mass is 529 g/mol. The fraction of sp³-hybridized carbons (Fsp3) is 0.345. The number of rotatable bonds is 8. The van der Waals surface area contributed by atoms with E-state index in [1.165, 1.54) is 17.7 Å². The number of benzene rings is 3. The second-order valence-electron chi connectivity index (χ2n) is 9.39. The van der Waals surface area contributed by atoms with Gasteiger partial charge in [-0.15, -0.1) is 0 Å². The topological polar surface area (TPSA) is 35.6 Å². The van der Waals surface area contributed by atoms with E-state index in [2.05, 4.69) is 10.2 Å². The van der Waals surface area contributed by atoms with Crippen LogP contribution in [0.1, 0.15) is 29.5 Å². The minimum absolute atomic E-state index is 0.0151. The number of anilines is 1. The Balaban J connectivity index is 1.39. The number of nitrogens with one attached hydrogen (secondary N) is 1. The Hall–Kier alpha value is -3.03. The quantitative estimate of drug-likeness (QED) is 0.336. The first kappa shape index (κ1) is 27.0. The minimum Gasteiger partial charge on any atom is -0.321 e. The van der Waals surface area contributed by atoms with Crippen molar-refractivity contribution in [2.24, 2.45) is 0 Å². The van der Waals surface area contributed by atoms with Crippen molar-refractivity contribution in [3.8, 4) is 0 Å².